The van der Waals surface area contributed by atoms with Crippen molar-refractivity contribution in [3.63, 3.8) is 0 Å². The van der Waals surface area contributed by atoms with Crippen molar-refractivity contribution < 1.29 is 50.8 Å². The van der Waals surface area contributed by atoms with Crippen LogP contribution in [-0.2, 0) is 31.9 Å². The Morgan fingerprint density at radius 2 is 1.37 bits per heavy atom. The molecule has 0 aliphatic rings. The van der Waals surface area contributed by atoms with Gasteiger partial charge in [-0.15, -0.1) is 29.3 Å². The first kappa shape index (κ1) is 27.6. The van der Waals surface area contributed by atoms with Gasteiger partial charge in [-0.2, -0.15) is 0 Å². The van der Waals surface area contributed by atoms with E-state index in [1.807, 2.05) is 139 Å². The molecule has 0 aliphatic carbocycles. The molecule has 2 aromatic heterocycles. The molecule has 324 valence electrons. The van der Waals surface area contributed by atoms with Crippen molar-refractivity contribution in [1.29, 1.82) is 0 Å². The molecule has 0 saturated carbocycles. The van der Waals surface area contributed by atoms with Gasteiger partial charge in [0.25, 0.3) is 0 Å². The fourth-order valence-corrected chi connectivity index (χ4v) is 7.83. The number of hydrogen-bond donors (Lipinski definition) is 1. The molecule has 6 aromatic carbocycles. The summed E-state index contributed by atoms with van der Waals surface area (Å²) in [5.74, 6) is -1.59. The van der Waals surface area contributed by atoms with Gasteiger partial charge in [0.05, 0.1) is 26.2 Å². The van der Waals surface area contributed by atoms with E-state index in [-0.39, 0.29) is 38.1 Å². The van der Waals surface area contributed by atoms with Gasteiger partial charge in [0.15, 0.2) is 0 Å². The Morgan fingerprint density at radius 1 is 0.714 bits per heavy atom. The molecule has 2 heterocycles. The van der Waals surface area contributed by atoms with E-state index < -0.39 is 102 Å². The van der Waals surface area contributed by atoms with Gasteiger partial charge in [-0.05, 0) is 117 Å². The summed E-state index contributed by atoms with van der Waals surface area (Å²) in [4.78, 5) is 9.64. The van der Waals surface area contributed by atoms with Crippen molar-refractivity contribution in [3.8, 4) is 67.5 Å². The number of nitrogens with zero attached hydrogens (tertiary/aromatic N) is 3. The Labute approximate surface area is 415 Å². The first-order valence-electron chi connectivity index (χ1n) is 29.4. The van der Waals surface area contributed by atoms with E-state index in [9.17, 15) is 6.48 Å². The molecular formula is C58H60N3OPt-. The first-order valence-corrected chi connectivity index (χ1v) is 20.4. The molecule has 0 fully saturated rings. The third kappa shape index (κ3) is 8.98. The molecule has 8 aromatic rings. The van der Waals surface area contributed by atoms with Crippen molar-refractivity contribution in [2.24, 2.45) is 0 Å². The smallest absolute Gasteiger partial charge is 0.148 e. The van der Waals surface area contributed by atoms with Crippen LogP contribution in [0.15, 0.2) is 127 Å². The zero-order valence-corrected chi connectivity index (χ0v) is 39.0. The van der Waals surface area contributed by atoms with Gasteiger partial charge in [0.1, 0.15) is 11.6 Å². The van der Waals surface area contributed by atoms with Crippen LogP contribution in [-0.4, -0.2) is 19.6 Å². The summed E-state index contributed by atoms with van der Waals surface area (Å²) in [6.07, 6.45) is -0.763. The molecule has 0 amide bonds. The number of aromatic nitrogens is 3. The normalized spacial score (nSPS) is 17.1. The summed E-state index contributed by atoms with van der Waals surface area (Å²) in [5, 5.41) is 11.8. The first-order chi connectivity index (χ1) is 36.7. The Kier molecular flexibility index (Phi) is 7.68. The van der Waals surface area contributed by atoms with E-state index in [0.29, 0.717) is 50.4 Å². The van der Waals surface area contributed by atoms with Crippen LogP contribution in [0.3, 0.4) is 0 Å². The molecule has 0 atom stereocenters. The number of rotatable bonds is 8. The van der Waals surface area contributed by atoms with Gasteiger partial charge in [0.2, 0.25) is 0 Å². The molecule has 63 heavy (non-hydrogen) atoms. The molecule has 0 saturated heterocycles. The standard InChI is InChI=1S/C58H60N3O.Pt/c1-35(2)47-15-13-16-48(36(3)4)53(47)40-21-25-46(26-22-40)61-52-18-14-17-49(54(52)60-56(61)50-30-37(5)29-38(6)55(50)62)42-31-43(33-45(32-42)58(10,11)12)51-34-41(27-28-59-51)39-19-23-44(24-20-39)57(7,8)9;/h13-30,32-36,62H,1-12H3;/q-1;/i7D3,8D3,9D3,19D,20D,23D,24D,27D,28D,34D,35D,36D;. The number of fused-ring (bicyclic) bond motifs is 1. The third-order valence-electron chi connectivity index (χ3n) is 11.0. The maximum atomic E-state index is 11.8. The van der Waals surface area contributed by atoms with E-state index in [2.05, 4.69) is 11.1 Å². The predicted molar refractivity (Wildman–Crippen MR) is 262 cm³/mol. The zero-order chi connectivity index (χ0) is 59.7. The zero-order valence-electron chi connectivity index (χ0n) is 54.7. The number of hydrogen-bond acceptors (Lipinski definition) is 3. The predicted octanol–water partition coefficient (Wildman–Crippen LogP) is 15.7. The summed E-state index contributed by atoms with van der Waals surface area (Å²) >= 11 is 0. The number of imidazole rings is 1. The topological polar surface area (TPSA) is 50.9 Å². The number of phenols is 1. The summed E-state index contributed by atoms with van der Waals surface area (Å²) in [6.45, 7) is 5.01. The Hall–Kier alpha value is -5.57. The second-order valence-corrected chi connectivity index (χ2v) is 17.3. The van der Waals surface area contributed by atoms with Crippen molar-refractivity contribution >= 4 is 11.0 Å². The van der Waals surface area contributed by atoms with Gasteiger partial charge in [-0.3, -0.25) is 9.55 Å². The van der Waals surface area contributed by atoms with Gasteiger partial charge in [0, 0.05) is 53.7 Å². The number of para-hydroxylation sites is 1. The number of pyridine rings is 1. The van der Waals surface area contributed by atoms with E-state index in [1.165, 1.54) is 0 Å². The number of aryl methyl sites for hydroxylation is 2. The van der Waals surface area contributed by atoms with Crippen LogP contribution < -0.4 is 0 Å². The Bertz CT molecular complexity index is 3710. The van der Waals surface area contributed by atoms with Crippen LogP contribution in [0.2, 0.25) is 0 Å². The van der Waals surface area contributed by atoms with Crippen molar-refractivity contribution in [1.82, 2.24) is 14.5 Å². The molecule has 0 aliphatic heterocycles. The van der Waals surface area contributed by atoms with E-state index >= 15 is 0 Å². The van der Waals surface area contributed by atoms with Crippen molar-refractivity contribution in [2.75, 3.05) is 0 Å². The van der Waals surface area contributed by atoms with Crippen molar-refractivity contribution in [3.05, 3.63) is 167 Å². The fraction of sp³-hybridized carbons (Fsp3) is 0.276. The van der Waals surface area contributed by atoms with Gasteiger partial charge < -0.3 is 5.11 Å². The quantitative estimate of drug-likeness (QED) is 0.154. The van der Waals surface area contributed by atoms with Crippen LogP contribution in [0.5, 0.6) is 5.75 Å². The summed E-state index contributed by atoms with van der Waals surface area (Å²) in [7, 11) is 0. The van der Waals surface area contributed by atoms with Crippen molar-refractivity contribution in [2.45, 2.75) is 105 Å². The molecule has 0 bridgehead atoms. The average molecular weight is 1030 g/mol. The number of benzene rings is 6. The Morgan fingerprint density at radius 3 is 2.00 bits per heavy atom. The molecule has 0 radical (unpaired) electrons. The largest absolute Gasteiger partial charge is 0.507 e. The third-order valence-corrected chi connectivity index (χ3v) is 11.0. The number of aromatic hydroxyl groups is 1. The summed E-state index contributed by atoms with van der Waals surface area (Å²) in [6, 6.07) is 23.2. The minimum absolute atomic E-state index is 0. The molecule has 8 rings (SSSR count). The Balaban J connectivity index is 0.00000946. The maximum absolute atomic E-state index is 11.8. The average Bonchev–Trinajstić information content (AvgIpc) is 3.01. The van der Waals surface area contributed by atoms with Crippen LogP contribution >= 0.6 is 0 Å². The molecule has 0 unspecified atom stereocenters. The van der Waals surface area contributed by atoms with Crippen LogP contribution in [0, 0.1) is 19.9 Å². The van der Waals surface area contributed by atoms with Crippen LogP contribution in [0.1, 0.15) is 139 Å². The monoisotopic (exact) mass is 1030 g/mol. The van der Waals surface area contributed by atoms with Gasteiger partial charge in [-0.1, -0.05) is 159 Å². The molecule has 5 heteroatoms. The summed E-state index contributed by atoms with van der Waals surface area (Å²) in [5.41, 5.74) is 0.911. The van der Waals surface area contributed by atoms with Gasteiger partial charge in [-0.25, -0.2) is 4.98 Å². The second-order valence-electron chi connectivity index (χ2n) is 17.3. The minimum Gasteiger partial charge on any atom is -0.507 e. The minimum atomic E-state index is -3.93. The number of phenolic OH excluding ortho intramolecular Hbond substituents is 1. The SMILES string of the molecule is [2H]c1nc(-c2[c-]c(-c3cccc4c3nc(-c3cc(C)cc(C)c3O)n4-c3ccc(-c4c(C([2H])(C)C)cccc4C([2H])(C)C)cc3)cc(C(C)(C)C)c2)c([2H])c(-c2c([2H])c([2H])c(C(C([2H])([2H])[2H])(C([2H])([2H])[2H])C([2H])([2H])[2H])c([2H])c2[2H])c1[2H].[Pt]. The molecule has 4 nitrogen and oxygen atoms in total. The van der Waals surface area contributed by atoms with E-state index in [0.717, 1.165) is 27.8 Å². The van der Waals surface area contributed by atoms with Crippen LogP contribution in [0.25, 0.3) is 72.7 Å². The molecular weight excluding hydrogens is 950 g/mol. The second kappa shape index (κ2) is 17.5. The van der Waals surface area contributed by atoms with E-state index in [4.69, 9.17) is 28.3 Å². The van der Waals surface area contributed by atoms with E-state index in [1.54, 1.807) is 13.0 Å². The van der Waals surface area contributed by atoms with Gasteiger partial charge >= 0.3 is 0 Å². The van der Waals surface area contributed by atoms with Crippen LogP contribution in [0.4, 0.5) is 0 Å². The maximum Gasteiger partial charge on any atom is 0.148 e. The molecule has 0 spiro atoms. The summed E-state index contributed by atoms with van der Waals surface area (Å²) < 4.78 is 158. The fourth-order valence-electron chi connectivity index (χ4n) is 7.83. The molecule has 1 N–H and O–H groups in total.